The van der Waals surface area contributed by atoms with Gasteiger partial charge in [0.15, 0.2) is 5.78 Å². The van der Waals surface area contributed by atoms with E-state index in [4.69, 9.17) is 0 Å². The summed E-state index contributed by atoms with van der Waals surface area (Å²) in [6, 6.07) is 9.83. The number of allylic oxidation sites excluding steroid dienone is 1. The number of piperidine rings is 1. The van der Waals surface area contributed by atoms with Gasteiger partial charge < -0.3 is 0 Å². The molecule has 2 heteroatoms. The topological polar surface area (TPSA) is 20.3 Å². The predicted molar refractivity (Wildman–Crippen MR) is 86.5 cm³/mol. The van der Waals surface area contributed by atoms with E-state index in [1.54, 1.807) is 0 Å². The standard InChI is InChI=1S/C19H25NO/c21-19(17-12-6-2-7-13-17)18(16-10-4-1-5-11-16)20-14-8-3-9-15-20/h2,6-7,10,12-13,18H,1,3-5,8-9,11,14-15H2. The van der Waals surface area contributed by atoms with Crippen molar-refractivity contribution in [3.05, 3.63) is 47.5 Å². The molecule has 0 bridgehead atoms. The second-order valence-corrected chi connectivity index (χ2v) is 6.25. The summed E-state index contributed by atoms with van der Waals surface area (Å²) < 4.78 is 0. The van der Waals surface area contributed by atoms with Crippen molar-refractivity contribution < 1.29 is 4.79 Å². The molecule has 1 saturated heterocycles. The van der Waals surface area contributed by atoms with Crippen LogP contribution in [-0.4, -0.2) is 29.8 Å². The molecule has 0 N–H and O–H groups in total. The molecule has 112 valence electrons. The molecule has 1 aliphatic heterocycles. The Morgan fingerprint density at radius 2 is 1.71 bits per heavy atom. The summed E-state index contributed by atoms with van der Waals surface area (Å²) >= 11 is 0. The van der Waals surface area contributed by atoms with Crippen LogP contribution in [0.3, 0.4) is 0 Å². The Labute approximate surface area is 127 Å². The third-order valence-electron chi connectivity index (χ3n) is 4.74. The third kappa shape index (κ3) is 3.44. The molecular formula is C19H25NO. The van der Waals surface area contributed by atoms with Crippen molar-refractivity contribution in [3.63, 3.8) is 0 Å². The van der Waals surface area contributed by atoms with E-state index in [0.29, 0.717) is 5.78 Å². The van der Waals surface area contributed by atoms with E-state index < -0.39 is 0 Å². The molecule has 0 radical (unpaired) electrons. The second-order valence-electron chi connectivity index (χ2n) is 6.25. The van der Waals surface area contributed by atoms with Crippen LogP contribution < -0.4 is 0 Å². The minimum Gasteiger partial charge on any atom is -0.292 e. The molecule has 0 spiro atoms. The van der Waals surface area contributed by atoms with Gasteiger partial charge >= 0.3 is 0 Å². The van der Waals surface area contributed by atoms with Gasteiger partial charge in [-0.1, -0.05) is 42.8 Å². The molecule has 1 aromatic rings. The molecule has 2 nitrogen and oxygen atoms in total. The lowest BCUT2D eigenvalue weighted by atomic mass is 9.87. The van der Waals surface area contributed by atoms with Crippen molar-refractivity contribution in [1.82, 2.24) is 4.90 Å². The molecule has 1 heterocycles. The molecule has 0 saturated carbocycles. The molecule has 1 unspecified atom stereocenters. The average Bonchev–Trinajstić information content (AvgIpc) is 2.58. The highest BCUT2D eigenvalue weighted by Gasteiger charge is 2.31. The van der Waals surface area contributed by atoms with E-state index in [-0.39, 0.29) is 6.04 Å². The van der Waals surface area contributed by atoms with Gasteiger partial charge in [0.25, 0.3) is 0 Å². The van der Waals surface area contributed by atoms with E-state index in [2.05, 4.69) is 11.0 Å². The van der Waals surface area contributed by atoms with Gasteiger partial charge in [0, 0.05) is 5.56 Å². The number of Topliss-reactive ketones (excluding diaryl/α,β-unsaturated/α-hetero) is 1. The van der Waals surface area contributed by atoms with E-state index in [1.807, 2.05) is 30.3 Å². The zero-order chi connectivity index (χ0) is 14.5. The Balaban J connectivity index is 1.87. The number of hydrogen-bond donors (Lipinski definition) is 0. The van der Waals surface area contributed by atoms with E-state index in [1.165, 1.54) is 37.7 Å². The maximum atomic E-state index is 13.1. The monoisotopic (exact) mass is 283 g/mol. The minimum atomic E-state index is -0.00648. The lowest BCUT2D eigenvalue weighted by Crippen LogP contribution is -2.45. The van der Waals surface area contributed by atoms with Crippen LogP contribution in [0.25, 0.3) is 0 Å². The lowest BCUT2D eigenvalue weighted by Gasteiger charge is -2.36. The molecule has 21 heavy (non-hydrogen) atoms. The van der Waals surface area contributed by atoms with Gasteiger partial charge in [-0.2, -0.15) is 0 Å². The fourth-order valence-electron chi connectivity index (χ4n) is 3.62. The van der Waals surface area contributed by atoms with E-state index >= 15 is 0 Å². The van der Waals surface area contributed by atoms with E-state index in [0.717, 1.165) is 31.5 Å². The second kappa shape index (κ2) is 7.04. The van der Waals surface area contributed by atoms with Gasteiger partial charge in [0.1, 0.15) is 0 Å². The summed E-state index contributed by atoms with van der Waals surface area (Å²) in [5.41, 5.74) is 2.23. The van der Waals surface area contributed by atoms with Gasteiger partial charge in [-0.05, 0) is 57.2 Å². The van der Waals surface area contributed by atoms with E-state index in [9.17, 15) is 4.79 Å². The Morgan fingerprint density at radius 3 is 2.38 bits per heavy atom. The minimum absolute atomic E-state index is 0.00648. The number of carbonyl (C=O) groups is 1. The van der Waals surface area contributed by atoms with Gasteiger partial charge in [0.2, 0.25) is 0 Å². The van der Waals surface area contributed by atoms with Crippen LogP contribution in [-0.2, 0) is 0 Å². The number of ketones is 1. The highest BCUT2D eigenvalue weighted by molar-refractivity contribution is 6.02. The third-order valence-corrected chi connectivity index (χ3v) is 4.74. The lowest BCUT2D eigenvalue weighted by molar-refractivity contribution is 0.0824. The van der Waals surface area contributed by atoms with Crippen molar-refractivity contribution in [1.29, 1.82) is 0 Å². The Kier molecular flexibility index (Phi) is 4.87. The maximum absolute atomic E-state index is 13.1. The number of hydrogen-bond acceptors (Lipinski definition) is 2. The first-order valence-corrected chi connectivity index (χ1v) is 8.38. The largest absolute Gasteiger partial charge is 0.292 e. The summed E-state index contributed by atoms with van der Waals surface area (Å²) in [6.07, 6.45) is 10.8. The fourth-order valence-corrected chi connectivity index (χ4v) is 3.62. The summed E-state index contributed by atoms with van der Waals surface area (Å²) in [6.45, 7) is 2.14. The molecule has 2 aliphatic rings. The highest BCUT2D eigenvalue weighted by Crippen LogP contribution is 2.28. The van der Waals surface area contributed by atoms with Crippen LogP contribution in [0.15, 0.2) is 42.0 Å². The van der Waals surface area contributed by atoms with Gasteiger partial charge in [-0.25, -0.2) is 0 Å². The molecule has 0 amide bonds. The Bertz CT molecular complexity index is 500. The first-order chi connectivity index (χ1) is 10.4. The molecule has 3 rings (SSSR count). The smallest absolute Gasteiger partial charge is 0.184 e. The Hall–Kier alpha value is -1.41. The van der Waals surface area contributed by atoms with Crippen LogP contribution in [0.2, 0.25) is 0 Å². The maximum Gasteiger partial charge on any atom is 0.184 e. The fraction of sp³-hybridized carbons (Fsp3) is 0.526. The normalized spacial score (nSPS) is 21.6. The van der Waals surface area contributed by atoms with Gasteiger partial charge in [0.05, 0.1) is 6.04 Å². The SMILES string of the molecule is O=C(c1ccccc1)C(C1=CCCCC1)N1CCCCC1. The van der Waals surface area contributed by atoms with Crippen LogP contribution in [0, 0.1) is 0 Å². The van der Waals surface area contributed by atoms with Crippen molar-refractivity contribution in [3.8, 4) is 0 Å². The number of carbonyl (C=O) groups excluding carboxylic acids is 1. The summed E-state index contributed by atoms with van der Waals surface area (Å²) in [7, 11) is 0. The molecule has 1 aromatic carbocycles. The Morgan fingerprint density at radius 1 is 0.952 bits per heavy atom. The number of benzene rings is 1. The van der Waals surface area contributed by atoms with Crippen LogP contribution in [0.5, 0.6) is 0 Å². The first kappa shape index (κ1) is 14.5. The molecule has 1 atom stereocenters. The van der Waals surface area contributed by atoms with Crippen molar-refractivity contribution in [2.75, 3.05) is 13.1 Å². The highest BCUT2D eigenvalue weighted by atomic mass is 16.1. The summed E-state index contributed by atoms with van der Waals surface area (Å²) in [4.78, 5) is 15.5. The zero-order valence-electron chi connectivity index (χ0n) is 12.8. The molecule has 0 aromatic heterocycles. The van der Waals surface area contributed by atoms with Crippen LogP contribution >= 0.6 is 0 Å². The van der Waals surface area contributed by atoms with Crippen molar-refractivity contribution in [2.45, 2.75) is 51.0 Å². The molecule has 1 aliphatic carbocycles. The van der Waals surface area contributed by atoms with Gasteiger partial charge in [-0.3, -0.25) is 9.69 Å². The number of rotatable bonds is 4. The summed E-state index contributed by atoms with van der Waals surface area (Å²) in [5.74, 6) is 0.297. The zero-order valence-corrected chi connectivity index (χ0v) is 12.8. The molecular weight excluding hydrogens is 258 g/mol. The van der Waals surface area contributed by atoms with Crippen LogP contribution in [0.4, 0.5) is 0 Å². The van der Waals surface area contributed by atoms with Gasteiger partial charge in [-0.15, -0.1) is 0 Å². The van der Waals surface area contributed by atoms with Crippen LogP contribution in [0.1, 0.15) is 55.3 Å². The number of likely N-dealkylation sites (tertiary alicyclic amines) is 1. The van der Waals surface area contributed by atoms with Crippen molar-refractivity contribution in [2.24, 2.45) is 0 Å². The average molecular weight is 283 g/mol. The first-order valence-electron chi connectivity index (χ1n) is 8.38. The summed E-state index contributed by atoms with van der Waals surface area (Å²) in [5, 5.41) is 0. The quantitative estimate of drug-likeness (QED) is 0.609. The van der Waals surface area contributed by atoms with Crippen molar-refractivity contribution >= 4 is 5.78 Å². The predicted octanol–water partition coefficient (Wildman–Crippen LogP) is 4.22. The number of nitrogens with zero attached hydrogens (tertiary/aromatic N) is 1. The molecule has 1 fully saturated rings.